The Morgan fingerprint density at radius 1 is 0.305 bits per heavy atom. The van der Waals surface area contributed by atoms with E-state index in [1.54, 1.807) is 0 Å². The van der Waals surface area contributed by atoms with E-state index in [1.807, 2.05) is 0 Å². The van der Waals surface area contributed by atoms with E-state index in [9.17, 15) is 0 Å². The molecule has 1 aliphatic carbocycles. The molecule has 2 heterocycles. The summed E-state index contributed by atoms with van der Waals surface area (Å²) in [7, 11) is 0. The zero-order valence-electron chi connectivity index (χ0n) is 50.7. The first-order valence-corrected chi connectivity index (χ1v) is 29.8. The number of hydrogen-bond donors (Lipinski definition) is 0. The molecular weight excluding hydrogens is 988 g/mol. The molecule has 3 heteroatoms. The largest absolute Gasteiger partial charge is 0.311 e. The number of benzene rings is 10. The van der Waals surface area contributed by atoms with Crippen LogP contribution in [0.15, 0.2) is 212 Å². The third kappa shape index (κ3) is 8.68. The highest BCUT2D eigenvalue weighted by Gasteiger charge is 2.46. The highest BCUT2D eigenvalue weighted by molar-refractivity contribution is 7.00. The molecule has 0 unspecified atom stereocenters. The Bertz CT molecular complexity index is 4110. The van der Waals surface area contributed by atoms with E-state index in [-0.39, 0.29) is 33.8 Å². The first-order valence-electron chi connectivity index (χ1n) is 29.8. The summed E-state index contributed by atoms with van der Waals surface area (Å²) in [5.41, 5.74) is 30.9. The molecular formula is C79H77BN2. The molecule has 0 radical (unpaired) electrons. The summed E-state index contributed by atoms with van der Waals surface area (Å²) in [5.74, 6) is 0. The van der Waals surface area contributed by atoms with Gasteiger partial charge in [-0.3, -0.25) is 0 Å². The second-order valence-corrected chi connectivity index (χ2v) is 28.2. The maximum Gasteiger partial charge on any atom is 0.252 e. The fourth-order valence-electron chi connectivity index (χ4n) is 13.7. The lowest BCUT2D eigenvalue weighted by Gasteiger charge is -2.46. The van der Waals surface area contributed by atoms with E-state index < -0.39 is 0 Å². The zero-order valence-corrected chi connectivity index (χ0v) is 50.7. The van der Waals surface area contributed by atoms with Crippen LogP contribution in [-0.2, 0) is 27.1 Å². The smallest absolute Gasteiger partial charge is 0.252 e. The molecule has 0 bridgehead atoms. The number of rotatable bonds is 6. The van der Waals surface area contributed by atoms with Gasteiger partial charge in [0.1, 0.15) is 0 Å². The molecule has 0 aromatic heterocycles. The molecule has 0 saturated heterocycles. The summed E-state index contributed by atoms with van der Waals surface area (Å²) in [6, 6.07) is 82.0. The van der Waals surface area contributed by atoms with E-state index in [0.29, 0.717) is 0 Å². The van der Waals surface area contributed by atoms with Crippen molar-refractivity contribution in [2.45, 2.75) is 124 Å². The second-order valence-electron chi connectivity index (χ2n) is 28.2. The molecule has 0 amide bonds. The SMILES string of the molecule is CC(C)(C)c1cccc(-c2cccc(-c3cccc(C(C)(C)C)c3)c2N2c3ccc(-c4cccc5c4C(C)(C)c4ccccc4-5)cc3B3c4ccc(C(C)(C)C)cc4N(c4ccccc4-c4ccccc4)c4cc(C(C)(C)C)cc2c43)c1. The average Bonchev–Trinajstić information content (AvgIpc) is 3.27. The minimum Gasteiger partial charge on any atom is -0.311 e. The normalized spacial score (nSPS) is 14.2. The minimum absolute atomic E-state index is 0.0520. The molecule has 82 heavy (non-hydrogen) atoms. The third-order valence-electron chi connectivity index (χ3n) is 18.3. The van der Waals surface area contributed by atoms with E-state index in [1.165, 1.54) is 140 Å². The van der Waals surface area contributed by atoms with Crippen molar-refractivity contribution in [3.63, 3.8) is 0 Å². The maximum atomic E-state index is 2.72. The van der Waals surface area contributed by atoms with Crippen molar-refractivity contribution >= 4 is 57.2 Å². The molecule has 13 rings (SSSR count). The summed E-state index contributed by atoms with van der Waals surface area (Å²) in [5, 5.41) is 0. The summed E-state index contributed by atoms with van der Waals surface area (Å²) in [6.45, 7) is 32.9. The van der Waals surface area contributed by atoms with Gasteiger partial charge in [-0.15, -0.1) is 0 Å². The topological polar surface area (TPSA) is 6.48 Å². The minimum atomic E-state index is -0.211. The Kier molecular flexibility index (Phi) is 12.3. The summed E-state index contributed by atoms with van der Waals surface area (Å²) in [6.07, 6.45) is 0. The van der Waals surface area contributed by atoms with Gasteiger partial charge in [-0.1, -0.05) is 279 Å². The number of para-hydroxylation sites is 2. The average molecular weight is 1070 g/mol. The van der Waals surface area contributed by atoms with Crippen molar-refractivity contribution in [2.75, 3.05) is 9.80 Å². The van der Waals surface area contributed by atoms with Crippen molar-refractivity contribution < 1.29 is 0 Å². The van der Waals surface area contributed by atoms with Gasteiger partial charge in [0.2, 0.25) is 0 Å². The lowest BCUT2D eigenvalue weighted by molar-refractivity contribution is 0.590. The van der Waals surface area contributed by atoms with Crippen molar-refractivity contribution in [2.24, 2.45) is 0 Å². The Morgan fingerprint density at radius 3 is 1.40 bits per heavy atom. The fourth-order valence-corrected chi connectivity index (χ4v) is 13.7. The van der Waals surface area contributed by atoms with Gasteiger partial charge in [0.15, 0.2) is 0 Å². The standard InChI is InChI=1S/C79H77BN2/c1-75(2,3)54-30-22-28-51(44-54)60-35-25-36-61(52-29-23-31-55(45-52)76(4,5)6)74(60)82-68-43-40-53(59-34-24-37-63-62-33-18-20-38-64(62)79(13,14)72(59)63)46-66(68)80-65-42-41-56(77(7,8)9)47-69(65)81(70-48-57(78(10,11)12)49-71(82)73(70)80)67-39-21-19-32-58(67)50-26-16-15-17-27-50/h15-49H,1-14H3. The number of anilines is 6. The first kappa shape index (κ1) is 53.2. The summed E-state index contributed by atoms with van der Waals surface area (Å²) < 4.78 is 0. The van der Waals surface area contributed by atoms with Crippen LogP contribution in [0.5, 0.6) is 0 Å². The van der Waals surface area contributed by atoms with Crippen molar-refractivity contribution in [1.29, 1.82) is 0 Å². The van der Waals surface area contributed by atoms with Crippen LogP contribution < -0.4 is 26.2 Å². The first-order chi connectivity index (χ1) is 39.0. The van der Waals surface area contributed by atoms with Gasteiger partial charge in [-0.2, -0.15) is 0 Å². The molecule has 0 saturated carbocycles. The lowest BCUT2D eigenvalue weighted by atomic mass is 9.33. The third-order valence-corrected chi connectivity index (χ3v) is 18.3. The Hall–Kier alpha value is -8.14. The molecule has 0 fully saturated rings. The van der Waals surface area contributed by atoms with Crippen LogP contribution in [0.2, 0.25) is 0 Å². The summed E-state index contributed by atoms with van der Waals surface area (Å²) in [4.78, 5) is 5.37. The van der Waals surface area contributed by atoms with Gasteiger partial charge in [-0.25, -0.2) is 0 Å². The van der Waals surface area contributed by atoms with Gasteiger partial charge in [0.05, 0.1) is 11.4 Å². The molecule has 10 aromatic carbocycles. The van der Waals surface area contributed by atoms with Gasteiger partial charge >= 0.3 is 0 Å². The Morgan fingerprint density at radius 2 is 0.780 bits per heavy atom. The van der Waals surface area contributed by atoms with Crippen LogP contribution in [0, 0.1) is 0 Å². The monoisotopic (exact) mass is 1060 g/mol. The molecule has 0 spiro atoms. The van der Waals surface area contributed by atoms with Crippen LogP contribution in [-0.4, -0.2) is 6.71 Å². The fraction of sp³-hybridized carbons (Fsp3) is 0.241. The molecule has 3 aliphatic rings. The van der Waals surface area contributed by atoms with E-state index in [0.717, 1.165) is 0 Å². The van der Waals surface area contributed by atoms with E-state index in [4.69, 9.17) is 0 Å². The van der Waals surface area contributed by atoms with Gasteiger partial charge in [0.25, 0.3) is 6.71 Å². The molecule has 0 N–H and O–H groups in total. The van der Waals surface area contributed by atoms with Crippen LogP contribution in [0.3, 0.4) is 0 Å². The lowest BCUT2D eigenvalue weighted by Crippen LogP contribution is -2.61. The van der Waals surface area contributed by atoms with E-state index >= 15 is 0 Å². The molecule has 2 aliphatic heterocycles. The number of hydrogen-bond acceptors (Lipinski definition) is 2. The molecule has 10 aromatic rings. The molecule has 0 atom stereocenters. The van der Waals surface area contributed by atoms with Gasteiger partial charge < -0.3 is 9.80 Å². The van der Waals surface area contributed by atoms with E-state index in [2.05, 4.69) is 319 Å². The van der Waals surface area contributed by atoms with Crippen LogP contribution in [0.1, 0.15) is 130 Å². The quantitative estimate of drug-likeness (QED) is 0.153. The number of nitrogens with zero attached hydrogens (tertiary/aromatic N) is 2. The van der Waals surface area contributed by atoms with Crippen molar-refractivity contribution in [3.05, 3.63) is 246 Å². The van der Waals surface area contributed by atoms with Crippen LogP contribution in [0.4, 0.5) is 34.1 Å². The van der Waals surface area contributed by atoms with Crippen molar-refractivity contribution in [1.82, 2.24) is 0 Å². The highest BCUT2D eigenvalue weighted by atomic mass is 15.2. The highest BCUT2D eigenvalue weighted by Crippen LogP contribution is 2.55. The van der Waals surface area contributed by atoms with Crippen LogP contribution in [0.25, 0.3) is 55.6 Å². The van der Waals surface area contributed by atoms with Crippen molar-refractivity contribution in [3.8, 4) is 55.6 Å². The summed E-state index contributed by atoms with van der Waals surface area (Å²) >= 11 is 0. The Labute approximate surface area is 489 Å². The molecule has 406 valence electrons. The maximum absolute atomic E-state index is 2.72. The number of fused-ring (bicyclic) bond motifs is 7. The predicted molar refractivity (Wildman–Crippen MR) is 355 cm³/mol. The van der Waals surface area contributed by atoms with Gasteiger partial charge in [0, 0.05) is 44.9 Å². The predicted octanol–water partition coefficient (Wildman–Crippen LogP) is 19.9. The molecule has 2 nitrogen and oxygen atoms in total. The van der Waals surface area contributed by atoms with Gasteiger partial charge in [-0.05, 0) is 141 Å². The second kappa shape index (κ2) is 19.0. The zero-order chi connectivity index (χ0) is 57.4. The van der Waals surface area contributed by atoms with Crippen LogP contribution >= 0.6 is 0 Å². The Balaban J connectivity index is 1.19.